The summed E-state index contributed by atoms with van der Waals surface area (Å²) in [6.07, 6.45) is 3.38. The summed E-state index contributed by atoms with van der Waals surface area (Å²) in [5.74, 6) is 0.337. The highest BCUT2D eigenvalue weighted by Crippen LogP contribution is 2.53. The first kappa shape index (κ1) is 21.7. The van der Waals surface area contributed by atoms with Gasteiger partial charge >= 0.3 is 12.1 Å². The van der Waals surface area contributed by atoms with Crippen LogP contribution in [0.1, 0.15) is 38.7 Å². The molecule has 0 bridgehead atoms. The third-order valence-corrected chi connectivity index (χ3v) is 6.36. The Kier molecular flexibility index (Phi) is 6.59. The van der Waals surface area contributed by atoms with E-state index in [9.17, 15) is 9.59 Å². The number of allylic oxidation sites excluding steroid dienone is 2. The number of halogens is 2. The lowest BCUT2D eigenvalue weighted by molar-refractivity contribution is -0.142. The number of esters is 1. The van der Waals surface area contributed by atoms with Gasteiger partial charge in [-0.3, -0.25) is 4.79 Å². The van der Waals surface area contributed by atoms with Gasteiger partial charge in [0, 0.05) is 18.5 Å². The van der Waals surface area contributed by atoms with Crippen LogP contribution in [0.3, 0.4) is 0 Å². The van der Waals surface area contributed by atoms with E-state index in [2.05, 4.69) is 6.58 Å². The zero-order valence-corrected chi connectivity index (χ0v) is 18.2. The van der Waals surface area contributed by atoms with Crippen LogP contribution in [0.4, 0.5) is 4.79 Å². The van der Waals surface area contributed by atoms with Gasteiger partial charge in [0.15, 0.2) is 0 Å². The Morgan fingerprint density at radius 2 is 2.10 bits per heavy atom. The normalized spacial score (nSPS) is 24.5. The highest BCUT2D eigenvalue weighted by Gasteiger charge is 2.53. The van der Waals surface area contributed by atoms with E-state index in [4.69, 9.17) is 32.7 Å². The van der Waals surface area contributed by atoms with E-state index in [1.54, 1.807) is 24.8 Å². The molecule has 0 radical (unpaired) electrons. The molecule has 29 heavy (non-hydrogen) atoms. The number of amides is 1. The molecule has 2 atom stereocenters. The number of nitrogens with zero attached hydrogens (tertiary/aromatic N) is 1. The van der Waals surface area contributed by atoms with Gasteiger partial charge in [-0.05, 0) is 50.3 Å². The first-order chi connectivity index (χ1) is 13.7. The largest absolute Gasteiger partial charge is 0.466 e. The fraction of sp³-hybridized carbons (Fsp3) is 0.455. The Bertz CT molecular complexity index is 866. The highest BCUT2D eigenvalue weighted by molar-refractivity contribution is 6.42. The third kappa shape index (κ3) is 4.62. The van der Waals surface area contributed by atoms with Crippen LogP contribution >= 0.6 is 23.2 Å². The first-order valence-corrected chi connectivity index (χ1v) is 10.4. The van der Waals surface area contributed by atoms with Gasteiger partial charge in [-0.1, -0.05) is 47.5 Å². The molecule has 0 unspecified atom stereocenters. The van der Waals surface area contributed by atoms with Crippen molar-refractivity contribution >= 4 is 35.3 Å². The van der Waals surface area contributed by atoms with Crippen molar-refractivity contribution in [1.29, 1.82) is 0 Å². The van der Waals surface area contributed by atoms with Crippen LogP contribution < -0.4 is 0 Å². The molecular formula is C22H25Cl2NO4. The molecular weight excluding hydrogens is 413 g/mol. The second-order valence-electron chi connectivity index (χ2n) is 7.68. The van der Waals surface area contributed by atoms with Crippen LogP contribution in [0.25, 0.3) is 0 Å². The van der Waals surface area contributed by atoms with E-state index in [0.29, 0.717) is 35.5 Å². The van der Waals surface area contributed by atoms with Crippen LogP contribution in [0.5, 0.6) is 0 Å². The number of fused-ring (bicyclic) bond motifs is 1. The van der Waals surface area contributed by atoms with Gasteiger partial charge in [-0.25, -0.2) is 4.79 Å². The summed E-state index contributed by atoms with van der Waals surface area (Å²) in [5, 5.41) is 0.986. The fourth-order valence-corrected chi connectivity index (χ4v) is 4.72. The summed E-state index contributed by atoms with van der Waals surface area (Å²) in [7, 11) is 0. The molecule has 156 valence electrons. The van der Waals surface area contributed by atoms with Gasteiger partial charge < -0.3 is 14.4 Å². The van der Waals surface area contributed by atoms with Crippen molar-refractivity contribution in [3.8, 4) is 0 Å². The van der Waals surface area contributed by atoms with E-state index in [1.807, 2.05) is 18.2 Å². The zero-order valence-electron chi connectivity index (χ0n) is 16.7. The summed E-state index contributed by atoms with van der Waals surface area (Å²) >= 11 is 12.4. The number of carbonyl (C=O) groups is 2. The minimum atomic E-state index is -0.386. The first-order valence-electron chi connectivity index (χ1n) is 9.66. The van der Waals surface area contributed by atoms with Gasteiger partial charge in [0.25, 0.3) is 0 Å². The van der Waals surface area contributed by atoms with E-state index >= 15 is 0 Å². The maximum Gasteiger partial charge on any atom is 0.414 e. The summed E-state index contributed by atoms with van der Waals surface area (Å²) in [5.41, 5.74) is 1.95. The number of ether oxygens (including phenoxy) is 2. The Balaban J connectivity index is 1.88. The lowest BCUT2D eigenvalue weighted by Gasteiger charge is -2.29. The maximum atomic E-state index is 12.5. The SMILES string of the molecule is C=C(C)OC(=O)N1C[C@H]2C/C(=C/CC(=O)OCC)C[C@@]2(c2ccc(Cl)c(Cl)c2)C1. The molecule has 2 aliphatic rings. The Hall–Kier alpha value is -1.98. The minimum absolute atomic E-state index is 0.200. The van der Waals surface area contributed by atoms with Crippen LogP contribution in [0, 0.1) is 5.92 Å². The second kappa shape index (κ2) is 8.80. The molecule has 7 heteroatoms. The van der Waals surface area contributed by atoms with E-state index in [1.165, 1.54) is 5.57 Å². The van der Waals surface area contributed by atoms with Crippen LogP contribution in [0.2, 0.25) is 10.0 Å². The maximum absolute atomic E-state index is 12.5. The number of hydrogen-bond acceptors (Lipinski definition) is 4. The molecule has 1 heterocycles. The number of hydrogen-bond donors (Lipinski definition) is 0. The average Bonchev–Trinajstić information content (AvgIpc) is 3.17. The molecule has 2 fully saturated rings. The van der Waals surface area contributed by atoms with E-state index in [-0.39, 0.29) is 29.8 Å². The number of rotatable bonds is 5. The number of carbonyl (C=O) groups excluding carboxylic acids is 2. The van der Waals surface area contributed by atoms with E-state index < -0.39 is 0 Å². The molecule has 1 aliphatic heterocycles. The molecule has 1 saturated heterocycles. The van der Waals surface area contributed by atoms with Crippen molar-refractivity contribution in [2.75, 3.05) is 19.7 Å². The molecule has 1 aromatic carbocycles. The van der Waals surface area contributed by atoms with Crippen molar-refractivity contribution in [1.82, 2.24) is 4.90 Å². The minimum Gasteiger partial charge on any atom is -0.466 e. The second-order valence-corrected chi connectivity index (χ2v) is 8.50. The molecule has 1 aliphatic carbocycles. The molecule has 3 rings (SSSR count). The average molecular weight is 438 g/mol. The van der Waals surface area contributed by atoms with Gasteiger partial charge in [0.2, 0.25) is 0 Å². The Morgan fingerprint density at radius 3 is 2.76 bits per heavy atom. The molecule has 1 saturated carbocycles. The predicted molar refractivity (Wildman–Crippen MR) is 113 cm³/mol. The Labute approximate surface area is 181 Å². The molecule has 1 aromatic rings. The van der Waals surface area contributed by atoms with Crippen molar-refractivity contribution in [2.45, 2.75) is 38.5 Å². The zero-order chi connectivity index (χ0) is 21.2. The van der Waals surface area contributed by atoms with Crippen LogP contribution in [-0.4, -0.2) is 36.7 Å². The lowest BCUT2D eigenvalue weighted by Crippen LogP contribution is -2.34. The van der Waals surface area contributed by atoms with Crippen molar-refractivity contribution in [3.05, 3.63) is 57.8 Å². The molecule has 0 N–H and O–H groups in total. The van der Waals surface area contributed by atoms with Crippen molar-refractivity contribution in [3.63, 3.8) is 0 Å². The van der Waals surface area contributed by atoms with Gasteiger partial charge in [0.1, 0.15) is 0 Å². The predicted octanol–water partition coefficient (Wildman–Crippen LogP) is 5.51. The highest BCUT2D eigenvalue weighted by atomic mass is 35.5. The number of benzene rings is 1. The van der Waals surface area contributed by atoms with Gasteiger partial charge in [-0.15, -0.1) is 0 Å². The summed E-state index contributed by atoms with van der Waals surface area (Å²) in [6, 6.07) is 5.65. The van der Waals surface area contributed by atoms with Crippen molar-refractivity contribution in [2.24, 2.45) is 5.92 Å². The quantitative estimate of drug-likeness (QED) is 0.346. The fourth-order valence-electron chi connectivity index (χ4n) is 4.42. The summed E-state index contributed by atoms with van der Waals surface area (Å²) in [6.45, 7) is 8.55. The van der Waals surface area contributed by atoms with Crippen molar-refractivity contribution < 1.29 is 19.1 Å². The van der Waals surface area contributed by atoms with E-state index in [0.717, 1.165) is 18.4 Å². The topological polar surface area (TPSA) is 55.8 Å². The lowest BCUT2D eigenvalue weighted by atomic mass is 9.74. The smallest absolute Gasteiger partial charge is 0.414 e. The Morgan fingerprint density at radius 1 is 1.34 bits per heavy atom. The molecule has 0 spiro atoms. The van der Waals surface area contributed by atoms with Crippen LogP contribution in [-0.2, 0) is 19.7 Å². The molecule has 5 nitrogen and oxygen atoms in total. The molecule has 0 aromatic heterocycles. The summed E-state index contributed by atoms with van der Waals surface area (Å²) < 4.78 is 10.3. The standard InChI is InChI=1S/C22H25Cl2NO4/c1-4-28-20(26)8-5-15-9-17-12-25(21(27)29-14(2)3)13-22(17,11-15)16-6-7-18(23)19(24)10-16/h5-7,10,17H,2,4,8-9,11-13H2,1,3H3/b15-5-/t17-,22+/m1/s1. The molecule has 1 amide bonds. The van der Waals surface area contributed by atoms with Gasteiger partial charge in [-0.2, -0.15) is 0 Å². The monoisotopic (exact) mass is 437 g/mol. The van der Waals surface area contributed by atoms with Crippen LogP contribution in [0.15, 0.2) is 42.2 Å². The third-order valence-electron chi connectivity index (χ3n) is 5.62. The summed E-state index contributed by atoms with van der Waals surface area (Å²) in [4.78, 5) is 25.9. The van der Waals surface area contributed by atoms with Gasteiger partial charge in [0.05, 0.1) is 28.8 Å². The number of likely N-dealkylation sites (tertiary alicyclic amines) is 1.